The highest BCUT2D eigenvalue weighted by Crippen LogP contribution is 2.38. The number of nitriles is 2. The zero-order valence-corrected chi connectivity index (χ0v) is 16.4. The van der Waals surface area contributed by atoms with Crippen molar-refractivity contribution in [2.45, 2.75) is 5.03 Å². The van der Waals surface area contributed by atoms with Gasteiger partial charge in [0.05, 0.1) is 11.3 Å². The fourth-order valence-corrected chi connectivity index (χ4v) is 3.81. The molecule has 2 aromatic carbocycles. The second-order valence-corrected chi connectivity index (χ2v) is 7.22. The third kappa shape index (κ3) is 4.22. The highest BCUT2D eigenvalue weighted by Gasteiger charge is 2.22. The molecule has 0 fully saturated rings. The second kappa shape index (κ2) is 8.74. The number of halogens is 2. The molecule has 0 saturated heterocycles. The van der Waals surface area contributed by atoms with Crippen molar-refractivity contribution in [1.29, 1.82) is 10.5 Å². The van der Waals surface area contributed by atoms with Gasteiger partial charge in [-0.15, -0.1) is 0 Å². The summed E-state index contributed by atoms with van der Waals surface area (Å²) in [5.74, 6) is -0.798. The zero-order valence-electron chi connectivity index (χ0n) is 14.8. The molecule has 1 aromatic heterocycles. The molecular weight excluding hydrogens is 411 g/mol. The number of anilines is 1. The number of thioether (sulfide) groups is 1. The molecule has 0 aliphatic heterocycles. The lowest BCUT2D eigenvalue weighted by Gasteiger charge is -2.13. The van der Waals surface area contributed by atoms with Gasteiger partial charge in [0.25, 0.3) is 0 Å². The Morgan fingerprint density at radius 2 is 1.76 bits per heavy atom. The minimum absolute atomic E-state index is 0.0411. The van der Waals surface area contributed by atoms with E-state index in [1.54, 1.807) is 24.3 Å². The highest BCUT2D eigenvalue weighted by molar-refractivity contribution is 8.00. The van der Waals surface area contributed by atoms with E-state index in [0.717, 1.165) is 11.8 Å². The van der Waals surface area contributed by atoms with Gasteiger partial charge in [0.15, 0.2) is 5.78 Å². The minimum Gasteiger partial charge on any atom is -0.383 e. The summed E-state index contributed by atoms with van der Waals surface area (Å²) >= 11 is 7.29. The summed E-state index contributed by atoms with van der Waals surface area (Å²) in [7, 11) is 0. The van der Waals surface area contributed by atoms with Gasteiger partial charge in [-0.05, 0) is 30.3 Å². The number of nitrogen functional groups attached to an aromatic ring is 1. The summed E-state index contributed by atoms with van der Waals surface area (Å²) in [6.07, 6.45) is 0. The SMILES string of the molecule is N#Cc1c(N)nc(SCC(=O)c2ccc(F)cc2)c(C#N)c1-c1ccccc1Cl. The van der Waals surface area contributed by atoms with E-state index in [4.69, 9.17) is 17.3 Å². The van der Waals surface area contributed by atoms with Gasteiger partial charge in [-0.1, -0.05) is 41.6 Å². The highest BCUT2D eigenvalue weighted by atomic mass is 35.5. The molecule has 3 aromatic rings. The average Bonchev–Trinajstić information content (AvgIpc) is 2.72. The van der Waals surface area contributed by atoms with Crippen molar-refractivity contribution in [3.63, 3.8) is 0 Å². The Bertz CT molecular complexity index is 1180. The topological polar surface area (TPSA) is 104 Å². The molecule has 0 unspecified atom stereocenters. The molecule has 0 amide bonds. The molecule has 0 bridgehead atoms. The number of pyridine rings is 1. The van der Waals surface area contributed by atoms with Crippen LogP contribution in [0.25, 0.3) is 11.1 Å². The number of hydrogen-bond acceptors (Lipinski definition) is 6. The van der Waals surface area contributed by atoms with Crippen LogP contribution in [0, 0.1) is 28.5 Å². The molecule has 5 nitrogen and oxygen atoms in total. The minimum atomic E-state index is -0.438. The number of benzene rings is 2. The normalized spacial score (nSPS) is 10.2. The van der Waals surface area contributed by atoms with Gasteiger partial charge in [0, 0.05) is 21.7 Å². The van der Waals surface area contributed by atoms with Gasteiger partial charge in [0.1, 0.15) is 34.4 Å². The first-order valence-electron chi connectivity index (χ1n) is 8.26. The van der Waals surface area contributed by atoms with Crippen LogP contribution < -0.4 is 5.73 Å². The Hall–Kier alpha value is -3.39. The van der Waals surface area contributed by atoms with Gasteiger partial charge < -0.3 is 5.73 Å². The van der Waals surface area contributed by atoms with Crippen LogP contribution in [0.2, 0.25) is 5.02 Å². The number of hydrogen-bond donors (Lipinski definition) is 1. The third-order valence-corrected chi connectivity index (χ3v) is 5.37. The lowest BCUT2D eigenvalue weighted by atomic mass is 9.97. The second-order valence-electron chi connectivity index (χ2n) is 5.85. The van der Waals surface area contributed by atoms with Crippen LogP contribution in [0.1, 0.15) is 21.5 Å². The zero-order chi connectivity index (χ0) is 21.0. The van der Waals surface area contributed by atoms with Crippen molar-refractivity contribution >= 4 is 35.0 Å². The average molecular weight is 423 g/mol. The van der Waals surface area contributed by atoms with E-state index in [0.29, 0.717) is 16.1 Å². The summed E-state index contributed by atoms with van der Waals surface area (Å²) in [4.78, 5) is 16.5. The Morgan fingerprint density at radius 3 is 2.38 bits per heavy atom. The molecule has 0 radical (unpaired) electrons. The number of rotatable bonds is 5. The Morgan fingerprint density at radius 1 is 1.10 bits per heavy atom. The van der Waals surface area contributed by atoms with Gasteiger partial charge >= 0.3 is 0 Å². The number of ketones is 1. The van der Waals surface area contributed by atoms with Crippen LogP contribution in [0.15, 0.2) is 53.6 Å². The van der Waals surface area contributed by atoms with Gasteiger partial charge in [-0.3, -0.25) is 4.79 Å². The molecule has 0 aliphatic rings. The van der Waals surface area contributed by atoms with Crippen molar-refractivity contribution < 1.29 is 9.18 Å². The summed E-state index contributed by atoms with van der Waals surface area (Å²) in [6, 6.07) is 16.0. The number of carbonyl (C=O) groups is 1. The summed E-state index contributed by atoms with van der Waals surface area (Å²) in [6.45, 7) is 0. The molecule has 142 valence electrons. The van der Waals surface area contributed by atoms with E-state index < -0.39 is 5.82 Å². The maximum atomic E-state index is 13.0. The van der Waals surface area contributed by atoms with E-state index in [2.05, 4.69) is 11.1 Å². The molecule has 29 heavy (non-hydrogen) atoms. The Labute approximate surface area is 175 Å². The Kier molecular flexibility index (Phi) is 6.13. The molecule has 0 saturated carbocycles. The van der Waals surface area contributed by atoms with Crippen LogP contribution in [-0.4, -0.2) is 16.5 Å². The lowest BCUT2D eigenvalue weighted by molar-refractivity contribution is 0.102. The largest absolute Gasteiger partial charge is 0.383 e. The maximum absolute atomic E-state index is 13.0. The molecule has 1 heterocycles. The molecule has 8 heteroatoms. The molecular formula is C21H12ClFN4OS. The smallest absolute Gasteiger partial charge is 0.173 e. The van der Waals surface area contributed by atoms with Crippen molar-refractivity contribution in [3.8, 4) is 23.3 Å². The first-order valence-corrected chi connectivity index (χ1v) is 9.62. The molecule has 0 spiro atoms. The third-order valence-electron chi connectivity index (χ3n) is 4.06. The van der Waals surface area contributed by atoms with Crippen LogP contribution >= 0.6 is 23.4 Å². The fraction of sp³-hybridized carbons (Fsp3) is 0.0476. The van der Waals surface area contributed by atoms with E-state index in [-0.39, 0.29) is 39.1 Å². The van der Waals surface area contributed by atoms with Crippen molar-refractivity contribution in [3.05, 3.63) is 76.1 Å². The summed E-state index contributed by atoms with van der Waals surface area (Å²) in [5, 5.41) is 19.9. The maximum Gasteiger partial charge on any atom is 0.173 e. The number of Topliss-reactive ketones (excluding diaryl/α,β-unsaturated/α-hetero) is 1. The first kappa shape index (κ1) is 20.3. The van der Waals surface area contributed by atoms with Crippen LogP contribution in [0.5, 0.6) is 0 Å². The molecule has 0 atom stereocenters. The number of aromatic nitrogens is 1. The monoisotopic (exact) mass is 422 g/mol. The van der Waals surface area contributed by atoms with E-state index >= 15 is 0 Å². The molecule has 3 rings (SSSR count). The molecule has 2 N–H and O–H groups in total. The van der Waals surface area contributed by atoms with Crippen molar-refractivity contribution in [2.24, 2.45) is 0 Å². The van der Waals surface area contributed by atoms with E-state index in [9.17, 15) is 19.7 Å². The van der Waals surface area contributed by atoms with Gasteiger partial charge in [-0.25, -0.2) is 9.37 Å². The van der Waals surface area contributed by atoms with Crippen LogP contribution in [0.4, 0.5) is 10.2 Å². The predicted octanol–water partition coefficient (Wildman–Crippen LogP) is 4.84. The standard InChI is InChI=1S/C21H12ClFN4OS/c22-17-4-2-1-3-14(17)19-15(9-24)20(26)27-21(16(19)10-25)29-11-18(28)12-5-7-13(23)8-6-12/h1-8H,11H2,(H2,26,27). The van der Waals surface area contributed by atoms with Crippen LogP contribution in [-0.2, 0) is 0 Å². The summed E-state index contributed by atoms with van der Waals surface area (Å²) < 4.78 is 13.0. The van der Waals surface area contributed by atoms with Gasteiger partial charge in [0.2, 0.25) is 0 Å². The number of carbonyl (C=O) groups excluding carboxylic acids is 1. The number of nitrogens with zero attached hydrogens (tertiary/aromatic N) is 3. The summed E-state index contributed by atoms with van der Waals surface area (Å²) in [5.41, 5.74) is 7.20. The number of nitrogens with two attached hydrogens (primary N) is 1. The van der Waals surface area contributed by atoms with Crippen molar-refractivity contribution in [1.82, 2.24) is 4.98 Å². The lowest BCUT2D eigenvalue weighted by Crippen LogP contribution is -2.06. The van der Waals surface area contributed by atoms with E-state index in [1.807, 2.05) is 6.07 Å². The Balaban J connectivity index is 2.03. The van der Waals surface area contributed by atoms with E-state index in [1.165, 1.54) is 24.3 Å². The van der Waals surface area contributed by atoms with Gasteiger partial charge in [-0.2, -0.15) is 10.5 Å². The van der Waals surface area contributed by atoms with Crippen molar-refractivity contribution in [2.75, 3.05) is 11.5 Å². The predicted molar refractivity (Wildman–Crippen MR) is 110 cm³/mol. The quantitative estimate of drug-likeness (QED) is 0.466. The fourth-order valence-electron chi connectivity index (χ4n) is 2.69. The molecule has 0 aliphatic carbocycles. The van der Waals surface area contributed by atoms with Crippen LogP contribution in [0.3, 0.4) is 0 Å². The first-order chi connectivity index (χ1) is 14.0.